The Morgan fingerprint density at radius 3 is 2.26 bits per heavy atom. The second-order valence-electron chi connectivity index (χ2n) is 7.88. The minimum atomic E-state index is -5.08. The number of fused-ring (bicyclic) bond motifs is 1. The van der Waals surface area contributed by atoms with Gasteiger partial charge in [0.2, 0.25) is 5.43 Å². The Balaban J connectivity index is 0.000000406. The number of hydrogen-bond acceptors (Lipinski definition) is 6. The number of carboxylic acids is 2. The number of methoxy groups -OCH3 is 1. The van der Waals surface area contributed by atoms with Gasteiger partial charge < -0.3 is 30.2 Å². The molecule has 1 aliphatic heterocycles. The van der Waals surface area contributed by atoms with Crippen molar-refractivity contribution < 1.29 is 42.1 Å². The maximum absolute atomic E-state index is 14.9. The number of carbonyl (C=O) groups is 2. The van der Waals surface area contributed by atoms with E-state index in [9.17, 15) is 32.3 Å². The Morgan fingerprint density at radius 1 is 1.24 bits per heavy atom. The lowest BCUT2D eigenvalue weighted by Gasteiger charge is -2.23. The quantitative estimate of drug-likeness (QED) is 0.535. The summed E-state index contributed by atoms with van der Waals surface area (Å²) in [5.41, 5.74) is 5.44. The Morgan fingerprint density at radius 2 is 1.82 bits per heavy atom. The number of benzene rings is 1. The van der Waals surface area contributed by atoms with E-state index in [0.29, 0.717) is 18.6 Å². The zero-order chi connectivity index (χ0) is 25.5. The molecule has 0 bridgehead atoms. The summed E-state index contributed by atoms with van der Waals surface area (Å²) in [6.45, 7) is 0.738. The fraction of sp³-hybridized carbons (Fsp3) is 0.450. The van der Waals surface area contributed by atoms with Gasteiger partial charge in [-0.15, -0.1) is 0 Å². The van der Waals surface area contributed by atoms with Crippen molar-refractivity contribution in [3.8, 4) is 0 Å². The molecular formula is C20H20ClF4N3O6. The molecule has 4 N–H and O–H groups in total. The van der Waals surface area contributed by atoms with Gasteiger partial charge in [0.25, 0.3) is 0 Å². The van der Waals surface area contributed by atoms with Crippen LogP contribution in [0.3, 0.4) is 0 Å². The molecule has 2 atom stereocenters. The summed E-state index contributed by atoms with van der Waals surface area (Å²) >= 11 is 6.58. The first kappa shape index (κ1) is 25.7. The van der Waals surface area contributed by atoms with Crippen molar-refractivity contribution in [3.63, 3.8) is 0 Å². The van der Waals surface area contributed by atoms with Gasteiger partial charge in [0.1, 0.15) is 11.4 Å². The summed E-state index contributed by atoms with van der Waals surface area (Å²) < 4.78 is 53.7. The van der Waals surface area contributed by atoms with Gasteiger partial charge in [0.15, 0.2) is 0 Å². The molecule has 186 valence electrons. The standard InChI is InChI=1S/C18H19ClFN3O4.C2HF3O2/c1-27-13-7-22(6-12(13)21)16-11(20)4-9-15(14(16)19)23(8-2-3-8)5-10(17(9)24)18(25)26;3-2(4,5)1(6)7/h4-5,8,12-13H,2-3,6-7,21H2,1H3,(H,25,26);(H,6,7)/t12-,13+;/m1./s1. The number of hydrogen-bond donors (Lipinski definition) is 3. The van der Waals surface area contributed by atoms with Gasteiger partial charge in [-0.2, -0.15) is 13.2 Å². The van der Waals surface area contributed by atoms with Crippen LogP contribution in [-0.4, -0.2) is 65.2 Å². The molecule has 2 aromatic rings. The lowest BCUT2D eigenvalue weighted by atomic mass is 10.1. The molecule has 34 heavy (non-hydrogen) atoms. The number of aromatic carboxylic acids is 1. The second kappa shape index (κ2) is 9.39. The van der Waals surface area contributed by atoms with Crippen molar-refractivity contribution in [3.05, 3.63) is 38.9 Å². The molecule has 0 unspecified atom stereocenters. The number of aromatic nitrogens is 1. The molecule has 1 aliphatic carbocycles. The van der Waals surface area contributed by atoms with E-state index in [1.807, 2.05) is 0 Å². The minimum absolute atomic E-state index is 0.0279. The van der Waals surface area contributed by atoms with Crippen molar-refractivity contribution in [2.24, 2.45) is 5.73 Å². The van der Waals surface area contributed by atoms with Crippen LogP contribution in [0.15, 0.2) is 17.1 Å². The Labute approximate surface area is 194 Å². The first-order valence-corrected chi connectivity index (χ1v) is 10.3. The van der Waals surface area contributed by atoms with Crippen LogP contribution >= 0.6 is 11.6 Å². The van der Waals surface area contributed by atoms with E-state index in [-0.39, 0.29) is 39.8 Å². The van der Waals surface area contributed by atoms with E-state index in [4.69, 9.17) is 32.0 Å². The van der Waals surface area contributed by atoms with Crippen molar-refractivity contribution in [2.75, 3.05) is 25.1 Å². The third-order valence-electron chi connectivity index (χ3n) is 5.53. The number of pyridine rings is 1. The first-order chi connectivity index (χ1) is 15.8. The zero-order valence-corrected chi connectivity index (χ0v) is 18.4. The van der Waals surface area contributed by atoms with Crippen LogP contribution in [0.5, 0.6) is 0 Å². The number of ether oxygens (including phenoxy) is 1. The molecule has 2 heterocycles. The van der Waals surface area contributed by atoms with Crippen molar-refractivity contribution in [1.82, 2.24) is 4.57 Å². The average Bonchev–Trinajstić information content (AvgIpc) is 3.50. The van der Waals surface area contributed by atoms with Gasteiger partial charge in [-0.25, -0.2) is 14.0 Å². The highest BCUT2D eigenvalue weighted by molar-refractivity contribution is 6.38. The molecule has 2 fully saturated rings. The Hall–Kier alpha value is -2.90. The molecule has 9 nitrogen and oxygen atoms in total. The Bertz CT molecular complexity index is 1200. The summed E-state index contributed by atoms with van der Waals surface area (Å²) in [4.78, 5) is 34.6. The third-order valence-corrected chi connectivity index (χ3v) is 5.88. The largest absolute Gasteiger partial charge is 0.490 e. The second-order valence-corrected chi connectivity index (χ2v) is 8.26. The number of halogens is 5. The molecule has 14 heteroatoms. The predicted molar refractivity (Wildman–Crippen MR) is 113 cm³/mol. The van der Waals surface area contributed by atoms with E-state index in [1.165, 1.54) is 6.20 Å². The van der Waals surface area contributed by atoms with Gasteiger partial charge in [-0.1, -0.05) is 11.6 Å². The minimum Gasteiger partial charge on any atom is -0.477 e. The monoisotopic (exact) mass is 509 g/mol. The summed E-state index contributed by atoms with van der Waals surface area (Å²) in [5, 5.41) is 16.5. The van der Waals surface area contributed by atoms with Crippen LogP contribution in [0.4, 0.5) is 23.2 Å². The Kier molecular flexibility index (Phi) is 7.10. The highest BCUT2D eigenvalue weighted by atomic mass is 35.5. The summed E-state index contributed by atoms with van der Waals surface area (Å²) in [6.07, 6.45) is -2.33. The number of aliphatic carboxylic acids is 1. The fourth-order valence-electron chi connectivity index (χ4n) is 3.75. The maximum Gasteiger partial charge on any atom is 0.490 e. The summed E-state index contributed by atoms with van der Waals surface area (Å²) in [6, 6.07) is 0.839. The molecule has 4 rings (SSSR count). The number of carboxylic acid groups (broad SMARTS) is 2. The van der Waals surface area contributed by atoms with Crippen LogP contribution in [-0.2, 0) is 9.53 Å². The number of anilines is 1. The molecule has 1 saturated carbocycles. The molecule has 0 radical (unpaired) electrons. The summed E-state index contributed by atoms with van der Waals surface area (Å²) in [5.74, 6) is -4.78. The zero-order valence-electron chi connectivity index (χ0n) is 17.6. The van der Waals surface area contributed by atoms with E-state index >= 15 is 0 Å². The lowest BCUT2D eigenvalue weighted by molar-refractivity contribution is -0.192. The van der Waals surface area contributed by atoms with Crippen LogP contribution in [0, 0.1) is 5.82 Å². The number of nitrogens with zero attached hydrogens (tertiary/aromatic N) is 2. The van der Waals surface area contributed by atoms with E-state index < -0.39 is 29.4 Å². The number of nitrogens with two attached hydrogens (primary N) is 1. The molecule has 0 amide bonds. The van der Waals surface area contributed by atoms with Crippen molar-refractivity contribution in [1.29, 1.82) is 0 Å². The summed E-state index contributed by atoms with van der Waals surface area (Å²) in [7, 11) is 1.55. The first-order valence-electron chi connectivity index (χ1n) is 9.91. The van der Waals surface area contributed by atoms with Crippen LogP contribution < -0.4 is 16.1 Å². The molecule has 1 aromatic carbocycles. The smallest absolute Gasteiger partial charge is 0.477 e. The van der Waals surface area contributed by atoms with Crippen LogP contribution in [0.25, 0.3) is 10.9 Å². The normalized spacial score (nSPS) is 20.3. The van der Waals surface area contributed by atoms with Crippen LogP contribution in [0.1, 0.15) is 29.2 Å². The van der Waals surface area contributed by atoms with E-state index in [0.717, 1.165) is 18.9 Å². The SMILES string of the molecule is CO[C@H]1CN(c2c(F)cc3c(=O)c(C(=O)O)cn(C4CC4)c3c2Cl)C[C@H]1N.O=C(O)C(F)(F)F. The predicted octanol–water partition coefficient (Wildman–Crippen LogP) is 2.62. The molecule has 0 spiro atoms. The highest BCUT2D eigenvalue weighted by Gasteiger charge is 2.38. The van der Waals surface area contributed by atoms with Crippen molar-refractivity contribution >= 4 is 40.1 Å². The van der Waals surface area contributed by atoms with Gasteiger partial charge in [0.05, 0.1) is 33.8 Å². The van der Waals surface area contributed by atoms with Gasteiger partial charge in [-0.05, 0) is 18.9 Å². The number of alkyl halides is 3. The fourth-order valence-corrected chi connectivity index (χ4v) is 4.15. The van der Waals surface area contributed by atoms with E-state index in [1.54, 1.807) is 16.6 Å². The van der Waals surface area contributed by atoms with Crippen LogP contribution in [0.2, 0.25) is 5.02 Å². The molecular weight excluding hydrogens is 490 g/mol. The maximum atomic E-state index is 14.9. The van der Waals surface area contributed by atoms with E-state index in [2.05, 4.69) is 0 Å². The number of rotatable bonds is 4. The van der Waals surface area contributed by atoms with Gasteiger partial charge in [-0.3, -0.25) is 4.79 Å². The van der Waals surface area contributed by atoms with Crippen molar-refractivity contribution in [2.45, 2.75) is 37.2 Å². The van der Waals surface area contributed by atoms with Gasteiger partial charge >= 0.3 is 18.1 Å². The third kappa shape index (κ3) is 4.95. The lowest BCUT2D eigenvalue weighted by Crippen LogP contribution is -2.34. The molecule has 2 aliphatic rings. The molecule has 1 aromatic heterocycles. The van der Waals surface area contributed by atoms with Gasteiger partial charge in [0, 0.05) is 32.4 Å². The average molecular weight is 510 g/mol. The topological polar surface area (TPSA) is 135 Å². The molecule has 1 saturated heterocycles. The highest BCUT2D eigenvalue weighted by Crippen LogP contribution is 2.42.